The van der Waals surface area contributed by atoms with Gasteiger partial charge in [0.1, 0.15) is 24.2 Å². The third kappa shape index (κ3) is 7.62. The maximum Gasteiger partial charge on any atom is 0.243 e. The lowest BCUT2D eigenvalue weighted by Gasteiger charge is -2.27. The zero-order valence-corrected chi connectivity index (χ0v) is 18.2. The van der Waals surface area contributed by atoms with Crippen molar-refractivity contribution in [3.05, 3.63) is 0 Å². The molecule has 6 N–H and O–H groups in total. The highest BCUT2D eigenvalue weighted by molar-refractivity contribution is 5.94. The molecular formula is C19H36N6O4. The van der Waals surface area contributed by atoms with Crippen LogP contribution >= 0.6 is 0 Å². The third-order valence-electron chi connectivity index (χ3n) is 4.78. The second-order valence-electron chi connectivity index (χ2n) is 8.25. The van der Waals surface area contributed by atoms with Gasteiger partial charge in [0.25, 0.3) is 0 Å². The van der Waals surface area contributed by atoms with Crippen molar-refractivity contribution in [2.75, 3.05) is 6.54 Å². The highest BCUT2D eigenvalue weighted by Crippen LogP contribution is 2.14. The minimum Gasteiger partial charge on any atom is -0.352 e. The lowest BCUT2D eigenvalue weighted by Crippen LogP contribution is -2.58. The molecule has 10 heteroatoms. The van der Waals surface area contributed by atoms with Crippen LogP contribution in [0.25, 0.3) is 0 Å². The Kier molecular flexibility index (Phi) is 9.51. The molecule has 1 rings (SSSR count). The van der Waals surface area contributed by atoms with Gasteiger partial charge >= 0.3 is 0 Å². The summed E-state index contributed by atoms with van der Waals surface area (Å²) in [5.74, 6) is 4.09. The smallest absolute Gasteiger partial charge is 0.243 e. The Bertz CT molecular complexity index is 610. The number of hydrogen-bond donors (Lipinski definition) is 5. The molecule has 1 fully saturated rings. The maximum atomic E-state index is 12.7. The van der Waals surface area contributed by atoms with Crippen LogP contribution < -0.4 is 27.1 Å². The molecule has 1 aliphatic heterocycles. The van der Waals surface area contributed by atoms with E-state index in [2.05, 4.69) is 21.3 Å². The van der Waals surface area contributed by atoms with Crippen molar-refractivity contribution in [1.82, 2.24) is 26.3 Å². The molecule has 0 aromatic rings. The molecule has 10 nitrogen and oxygen atoms in total. The van der Waals surface area contributed by atoms with E-state index in [-0.39, 0.29) is 23.8 Å². The SMILES string of the molecule is CC(C)NC(=O)[C@H](C)NC(=O)[C@H](C)NC(=O)[C@@H](NC(=O)[C@@H]1CCCN1N)C(C)C. The number of amides is 4. The van der Waals surface area contributed by atoms with Gasteiger partial charge < -0.3 is 21.3 Å². The largest absolute Gasteiger partial charge is 0.352 e. The summed E-state index contributed by atoms with van der Waals surface area (Å²) in [5, 5.41) is 12.1. The zero-order valence-electron chi connectivity index (χ0n) is 18.2. The molecule has 0 unspecified atom stereocenters. The molecule has 166 valence electrons. The van der Waals surface area contributed by atoms with Gasteiger partial charge in [-0.2, -0.15) is 0 Å². The fourth-order valence-corrected chi connectivity index (χ4v) is 3.04. The van der Waals surface area contributed by atoms with E-state index >= 15 is 0 Å². The number of hydrogen-bond acceptors (Lipinski definition) is 6. The minimum absolute atomic E-state index is 0.0429. The molecule has 4 amide bonds. The van der Waals surface area contributed by atoms with Crippen LogP contribution in [0.2, 0.25) is 0 Å². The van der Waals surface area contributed by atoms with Crippen LogP contribution in [-0.4, -0.2) is 65.4 Å². The summed E-state index contributed by atoms with van der Waals surface area (Å²) in [5.41, 5.74) is 0. The van der Waals surface area contributed by atoms with Crippen molar-refractivity contribution in [2.24, 2.45) is 11.8 Å². The summed E-state index contributed by atoms with van der Waals surface area (Å²) in [6, 6.07) is -2.90. The molecule has 29 heavy (non-hydrogen) atoms. The van der Waals surface area contributed by atoms with E-state index in [4.69, 9.17) is 5.84 Å². The number of nitrogens with zero attached hydrogens (tertiary/aromatic N) is 1. The fourth-order valence-electron chi connectivity index (χ4n) is 3.04. The van der Waals surface area contributed by atoms with Gasteiger partial charge in [-0.15, -0.1) is 0 Å². The molecule has 1 saturated heterocycles. The summed E-state index contributed by atoms with van der Waals surface area (Å²) in [7, 11) is 0. The fraction of sp³-hybridized carbons (Fsp3) is 0.789. The van der Waals surface area contributed by atoms with Crippen LogP contribution in [0.3, 0.4) is 0 Å². The predicted octanol–water partition coefficient (Wildman–Crippen LogP) is -1.00. The second-order valence-corrected chi connectivity index (χ2v) is 8.25. The summed E-state index contributed by atoms with van der Waals surface area (Å²) >= 11 is 0. The maximum absolute atomic E-state index is 12.7. The molecular weight excluding hydrogens is 376 g/mol. The Labute approximate surface area is 172 Å². The Morgan fingerprint density at radius 3 is 1.79 bits per heavy atom. The van der Waals surface area contributed by atoms with Crippen molar-refractivity contribution >= 4 is 23.6 Å². The van der Waals surface area contributed by atoms with Crippen molar-refractivity contribution < 1.29 is 19.2 Å². The number of hydrazine groups is 1. The quantitative estimate of drug-likeness (QED) is 0.307. The van der Waals surface area contributed by atoms with Crippen LogP contribution in [0.15, 0.2) is 0 Å². The monoisotopic (exact) mass is 412 g/mol. The Hall–Kier alpha value is -2.20. The lowest BCUT2D eigenvalue weighted by atomic mass is 10.0. The molecule has 4 atom stereocenters. The van der Waals surface area contributed by atoms with Gasteiger partial charge in [-0.25, -0.2) is 5.01 Å². The summed E-state index contributed by atoms with van der Waals surface area (Å²) in [4.78, 5) is 49.4. The Balaban J connectivity index is 2.63. The summed E-state index contributed by atoms with van der Waals surface area (Å²) < 4.78 is 0. The molecule has 0 aromatic heterocycles. The Morgan fingerprint density at radius 1 is 0.828 bits per heavy atom. The molecule has 0 spiro atoms. The van der Waals surface area contributed by atoms with Gasteiger partial charge in [0.15, 0.2) is 0 Å². The molecule has 1 heterocycles. The predicted molar refractivity (Wildman–Crippen MR) is 109 cm³/mol. The van der Waals surface area contributed by atoms with Gasteiger partial charge in [0.2, 0.25) is 23.6 Å². The topological polar surface area (TPSA) is 146 Å². The first-order valence-corrected chi connectivity index (χ1v) is 10.2. The zero-order chi connectivity index (χ0) is 22.3. The average Bonchev–Trinajstić information content (AvgIpc) is 3.04. The number of nitrogens with two attached hydrogens (primary N) is 1. The molecule has 0 saturated carbocycles. The van der Waals surface area contributed by atoms with E-state index in [0.717, 1.165) is 6.42 Å². The van der Waals surface area contributed by atoms with Gasteiger partial charge in [-0.3, -0.25) is 25.0 Å². The van der Waals surface area contributed by atoms with Crippen molar-refractivity contribution in [2.45, 2.75) is 84.6 Å². The first kappa shape index (κ1) is 24.8. The molecule has 1 aliphatic rings. The van der Waals surface area contributed by atoms with E-state index in [1.54, 1.807) is 6.92 Å². The van der Waals surface area contributed by atoms with Gasteiger partial charge in [-0.1, -0.05) is 13.8 Å². The average molecular weight is 413 g/mol. The first-order valence-electron chi connectivity index (χ1n) is 10.2. The number of carbonyl (C=O) groups excluding carboxylic acids is 4. The molecule has 0 bridgehead atoms. The Morgan fingerprint density at radius 2 is 1.34 bits per heavy atom. The lowest BCUT2D eigenvalue weighted by molar-refractivity contribution is -0.135. The minimum atomic E-state index is -0.868. The van der Waals surface area contributed by atoms with Crippen LogP contribution in [0.4, 0.5) is 0 Å². The van der Waals surface area contributed by atoms with E-state index in [1.807, 2.05) is 27.7 Å². The van der Waals surface area contributed by atoms with Crippen LogP contribution in [-0.2, 0) is 19.2 Å². The van der Waals surface area contributed by atoms with Crippen LogP contribution in [0.1, 0.15) is 54.4 Å². The van der Waals surface area contributed by atoms with E-state index in [0.29, 0.717) is 13.0 Å². The van der Waals surface area contributed by atoms with Crippen molar-refractivity contribution in [1.29, 1.82) is 0 Å². The number of carbonyl (C=O) groups is 4. The normalized spacial score (nSPS) is 20.1. The van der Waals surface area contributed by atoms with Crippen LogP contribution in [0.5, 0.6) is 0 Å². The molecule has 0 aliphatic carbocycles. The molecule has 0 radical (unpaired) electrons. The van der Waals surface area contributed by atoms with E-state index in [9.17, 15) is 19.2 Å². The van der Waals surface area contributed by atoms with E-state index in [1.165, 1.54) is 11.9 Å². The third-order valence-corrected chi connectivity index (χ3v) is 4.78. The van der Waals surface area contributed by atoms with Crippen molar-refractivity contribution in [3.8, 4) is 0 Å². The first-order chi connectivity index (χ1) is 13.4. The molecule has 0 aromatic carbocycles. The summed E-state index contributed by atoms with van der Waals surface area (Å²) in [6.07, 6.45) is 1.47. The van der Waals surface area contributed by atoms with Crippen molar-refractivity contribution in [3.63, 3.8) is 0 Å². The van der Waals surface area contributed by atoms with Gasteiger partial charge in [0.05, 0.1) is 0 Å². The van der Waals surface area contributed by atoms with Crippen LogP contribution in [0, 0.1) is 5.92 Å². The highest BCUT2D eigenvalue weighted by atomic mass is 16.2. The number of nitrogens with one attached hydrogen (secondary N) is 4. The standard InChI is InChI=1S/C19H36N6O4/c1-10(2)15(24-18(28)14-8-7-9-25(14)20)19(29)23-13(6)17(27)22-12(5)16(26)21-11(3)4/h10-15H,7-9,20H2,1-6H3,(H,21,26)(H,22,27)(H,23,29)(H,24,28)/t12-,13-,14-,15-/m0/s1. The van der Waals surface area contributed by atoms with Gasteiger partial charge in [0, 0.05) is 12.6 Å². The highest BCUT2D eigenvalue weighted by Gasteiger charge is 2.33. The number of rotatable bonds is 9. The van der Waals surface area contributed by atoms with E-state index < -0.39 is 36.0 Å². The second kappa shape index (κ2) is 11.1. The van der Waals surface area contributed by atoms with Gasteiger partial charge in [-0.05, 0) is 46.5 Å². The summed E-state index contributed by atoms with van der Waals surface area (Å²) in [6.45, 7) is 11.0.